The maximum absolute atomic E-state index is 16.8. The first-order chi connectivity index (χ1) is 61.6. The number of phenolic OH excluding ortho intramolecular Hbond substituents is 4. The Bertz CT molecular complexity index is 5400. The van der Waals surface area contributed by atoms with Gasteiger partial charge in [-0.25, -0.2) is 9.80 Å². The van der Waals surface area contributed by atoms with Crippen molar-refractivity contribution in [2.24, 2.45) is 5.29 Å². The lowest BCUT2D eigenvalue weighted by Crippen LogP contribution is -2.66. The summed E-state index contributed by atoms with van der Waals surface area (Å²) in [5.74, 6) is -19.0. The first-order valence-electron chi connectivity index (χ1n) is 41.4. The van der Waals surface area contributed by atoms with Gasteiger partial charge in [0.2, 0.25) is 65.6 Å². The Hall–Kier alpha value is -12.5. The fourth-order valence-electron chi connectivity index (χ4n) is 15.9. The van der Waals surface area contributed by atoms with E-state index in [-0.39, 0.29) is 41.8 Å². The van der Waals surface area contributed by atoms with E-state index in [1.54, 1.807) is 19.0 Å². The summed E-state index contributed by atoms with van der Waals surface area (Å²) in [4.78, 5) is 153. The van der Waals surface area contributed by atoms with Crippen molar-refractivity contribution in [2.45, 2.75) is 187 Å². The van der Waals surface area contributed by atoms with Crippen molar-refractivity contribution in [3.8, 4) is 80.1 Å². The van der Waals surface area contributed by atoms with E-state index in [9.17, 15) is 80.6 Å². The molecule has 129 heavy (non-hydrogen) atoms. The molecule has 688 valence electrons. The number of amides is 8. The largest absolute Gasteiger partial charge is 0.508 e. The second-order valence-corrected chi connectivity index (χ2v) is 33.0. The van der Waals surface area contributed by atoms with Crippen LogP contribution in [-0.2, 0) is 59.0 Å². The number of nitroso groups, excluding NO2 is 1. The second-order valence-electron chi connectivity index (χ2n) is 32.2. The Kier molecular flexibility index (Phi) is 29.9. The van der Waals surface area contributed by atoms with E-state index in [1.807, 2.05) is 0 Å². The molecule has 2 saturated heterocycles. The molecule has 0 unspecified atom stereocenters. The molecule has 0 aromatic heterocycles. The molecule has 7 aromatic carbocycles. The summed E-state index contributed by atoms with van der Waals surface area (Å²) >= 11 is 14.3. The van der Waals surface area contributed by atoms with Crippen LogP contribution in [0.3, 0.4) is 0 Å². The van der Waals surface area contributed by atoms with Crippen molar-refractivity contribution in [1.82, 2.24) is 52.4 Å². The fraction of sp³-hybridized carbons (Fsp3) is 0.414. The molecule has 8 aliphatic heterocycles. The monoisotopic (exact) mass is 1830 g/mol. The van der Waals surface area contributed by atoms with E-state index in [4.69, 9.17) is 56.4 Å². The van der Waals surface area contributed by atoms with Gasteiger partial charge < -0.3 is 142 Å². The summed E-state index contributed by atoms with van der Waals surface area (Å²) in [5, 5.41) is 162. The number of hydrogen-bond donors (Lipinski definition) is 20. The predicted octanol–water partition coefficient (Wildman–Crippen LogP) is 4.32. The number of halogens is 2. The Morgan fingerprint density at radius 2 is 1.20 bits per heavy atom. The highest BCUT2D eigenvalue weighted by molar-refractivity contribution is 6.33. The molecular formula is C87H97Cl2N11O29. The highest BCUT2D eigenvalue weighted by Crippen LogP contribution is 2.51. The zero-order valence-electron chi connectivity index (χ0n) is 69.7. The van der Waals surface area contributed by atoms with E-state index in [2.05, 4.69) is 54.7 Å². The number of fused-ring (bicyclic) bond motifs is 14. The maximum atomic E-state index is 16.8. The van der Waals surface area contributed by atoms with Crippen molar-refractivity contribution >= 4 is 76.4 Å². The minimum Gasteiger partial charge on any atom is -0.508 e. The molecule has 42 heteroatoms. The summed E-state index contributed by atoms with van der Waals surface area (Å²) in [7, 11) is 4.64. The molecule has 18 atom stereocenters. The first-order valence-corrected chi connectivity index (χ1v) is 42.2. The molecule has 20 N–H and O–H groups in total. The van der Waals surface area contributed by atoms with E-state index < -0.39 is 283 Å². The molecule has 0 radical (unpaired) electrons. The molecular weight excluding hydrogens is 1730 g/mol. The third-order valence-electron chi connectivity index (χ3n) is 22.7. The summed E-state index contributed by atoms with van der Waals surface area (Å²) in [6.07, 6.45) is -15.1. The molecule has 15 rings (SSSR count). The topological polar surface area (TPSA) is 593 Å². The molecule has 0 aliphatic carbocycles. The molecule has 8 aliphatic rings. The summed E-state index contributed by atoms with van der Waals surface area (Å²) in [6.45, 7) is 1.40. The molecule has 0 saturated carbocycles. The molecule has 8 heterocycles. The van der Waals surface area contributed by atoms with Crippen LogP contribution in [0.1, 0.15) is 146 Å². The van der Waals surface area contributed by atoms with Crippen LogP contribution in [0.2, 0.25) is 10.0 Å². The van der Waals surface area contributed by atoms with Gasteiger partial charge in [0.25, 0.3) is 0 Å². The number of carbonyl (C=O) groups is 9. The van der Waals surface area contributed by atoms with Crippen molar-refractivity contribution in [2.75, 3.05) is 40.8 Å². The van der Waals surface area contributed by atoms with Crippen LogP contribution in [0.5, 0.6) is 69.0 Å². The molecule has 17 bridgehead atoms. The van der Waals surface area contributed by atoms with Crippen LogP contribution in [0.15, 0.2) is 121 Å². The molecule has 7 aromatic rings. The number of phenols is 4. The Morgan fingerprint density at radius 1 is 0.558 bits per heavy atom. The van der Waals surface area contributed by atoms with Gasteiger partial charge in [-0.05, 0) is 140 Å². The van der Waals surface area contributed by atoms with Gasteiger partial charge in [0.15, 0.2) is 35.1 Å². The van der Waals surface area contributed by atoms with Gasteiger partial charge in [-0.2, -0.15) is 0 Å². The number of nitrogens with zero attached hydrogens (tertiary/aromatic N) is 3. The third kappa shape index (κ3) is 21.1. The Morgan fingerprint density at radius 3 is 1.89 bits per heavy atom. The number of carboxylic acids is 1. The average Bonchev–Trinajstić information content (AvgIpc) is 0.741. The number of aliphatic carboxylic acids is 1. The van der Waals surface area contributed by atoms with Crippen LogP contribution in [0.25, 0.3) is 11.1 Å². The molecule has 8 amide bonds. The van der Waals surface area contributed by atoms with Crippen LogP contribution >= 0.6 is 23.2 Å². The fourth-order valence-corrected chi connectivity index (χ4v) is 16.4. The lowest BCUT2D eigenvalue weighted by atomic mass is 9.89. The van der Waals surface area contributed by atoms with Crippen LogP contribution < -0.4 is 66.2 Å². The normalized spacial score (nSPS) is 25.6. The highest BCUT2D eigenvalue weighted by Gasteiger charge is 2.52. The van der Waals surface area contributed by atoms with Gasteiger partial charge in [-0.1, -0.05) is 105 Å². The first kappa shape index (κ1) is 94.2. The summed E-state index contributed by atoms with van der Waals surface area (Å²) < 4.78 is 44.4. The number of hydrogen-bond acceptors (Lipinski definition) is 30. The van der Waals surface area contributed by atoms with Gasteiger partial charge in [0.1, 0.15) is 125 Å². The molecule has 40 nitrogen and oxygen atoms in total. The van der Waals surface area contributed by atoms with Gasteiger partial charge in [-0.15, -0.1) is 4.91 Å². The quantitative estimate of drug-likeness (QED) is 0.0241. The number of aliphatic hydroxyl groups is 7. The van der Waals surface area contributed by atoms with Gasteiger partial charge in [-0.3, -0.25) is 38.4 Å². The maximum Gasteiger partial charge on any atom is 0.335 e. The number of aliphatic hydroxyl groups excluding tert-OH is 7. The minimum absolute atomic E-state index is 0.0529. The van der Waals surface area contributed by atoms with Crippen molar-refractivity contribution in [3.05, 3.63) is 169 Å². The average molecular weight is 1830 g/mol. The van der Waals surface area contributed by atoms with Crippen molar-refractivity contribution < 1.29 is 138 Å². The standard InChI is InChI=1S/C87H97Cl2N11O29/c1-5-6-7-8-9-10-11-12-14-60(106)92-68-72(109)74(111)77(85(120)121)129-86(68)128-76-57-31-42-32-58(76)125-54-24-19-41(29-49(54)88)70(107)67-83(118)96-65(79(114)90-25-13-26-99(2)3)47-33-43(102)34-56(126-87-75(112)73(110)71(108)59(37-101)127-87)61(47)46-28-39(17-22-51(46)103)63(80(115)97-67)93-81(116)64(42)94-82(117)66-48-35-45(36-53(105)62(48)89)124-55-30-40(18-23-52(55)104)69(100(4)98-122)84(119)91-50(78(113)95-66)27-38-15-20-44(123-57)21-16-38/h15-24,28-36,50,59,63-75,77,86-87,101-105,107-112H,5-14,25-27,37H2,1-4H3,(H,90,114)(H,91,119)(H,92,106)(H,93,116)(H,94,117)(H,95,113)(H,96,118)(H,97,115)(H,120,121)/t50-,59-,63-,64-,65+,66+,67+,68-,69-,70-,71-,72-,73+,74+,75+,77+,86-,87+/m1/s1. The van der Waals surface area contributed by atoms with E-state index >= 15 is 28.8 Å². The number of carbonyl (C=O) groups excluding carboxylic acids is 8. The summed E-state index contributed by atoms with van der Waals surface area (Å²) in [6, 6.07) is 4.06. The zero-order valence-corrected chi connectivity index (χ0v) is 71.2. The number of rotatable bonds is 23. The number of likely N-dealkylation sites (N-methyl/N-ethyl adjacent to an activating group) is 1. The van der Waals surface area contributed by atoms with Gasteiger partial charge >= 0.3 is 5.97 Å². The van der Waals surface area contributed by atoms with E-state index in [1.165, 1.54) is 30.3 Å². The highest BCUT2D eigenvalue weighted by atomic mass is 35.5. The van der Waals surface area contributed by atoms with Crippen LogP contribution in [-0.4, -0.2) is 239 Å². The van der Waals surface area contributed by atoms with E-state index in [0.717, 1.165) is 131 Å². The second kappa shape index (κ2) is 40.9. The molecule has 2 fully saturated rings. The Balaban J connectivity index is 1.05. The van der Waals surface area contributed by atoms with Crippen molar-refractivity contribution in [3.63, 3.8) is 0 Å². The predicted molar refractivity (Wildman–Crippen MR) is 452 cm³/mol. The number of ether oxygens (including phenoxy) is 7. The third-order valence-corrected chi connectivity index (χ3v) is 23.4. The lowest BCUT2D eigenvalue weighted by molar-refractivity contribution is -0.277. The van der Waals surface area contributed by atoms with Gasteiger partial charge in [0, 0.05) is 55.3 Å². The van der Waals surface area contributed by atoms with Crippen LogP contribution in [0, 0.1) is 4.91 Å². The minimum atomic E-state index is -2.49. The summed E-state index contributed by atoms with van der Waals surface area (Å²) in [5.41, 5.74) is -3.16. The van der Waals surface area contributed by atoms with Crippen molar-refractivity contribution in [1.29, 1.82) is 0 Å². The number of unbranched alkanes of at least 4 members (excludes halogenated alkanes) is 7. The smallest absolute Gasteiger partial charge is 0.335 e. The van der Waals surface area contributed by atoms with Gasteiger partial charge in [0.05, 0.1) is 21.9 Å². The number of nitrogens with one attached hydrogen (secondary N) is 8. The number of aromatic hydroxyl groups is 4. The van der Waals surface area contributed by atoms with E-state index in [0.29, 0.717) is 24.4 Å². The number of carboxylic acid groups (broad SMARTS) is 1. The number of benzene rings is 7. The lowest BCUT2D eigenvalue weighted by Gasteiger charge is -2.41. The zero-order chi connectivity index (χ0) is 92.7. The van der Waals surface area contributed by atoms with Crippen LogP contribution in [0.4, 0.5) is 0 Å². The molecule has 0 spiro atoms. The Labute approximate surface area is 745 Å². The SMILES string of the molecule is CCCCCCCCCCC(=O)N[C@H]1[C@H](Oc2c3cc4cc2Oc2ccc(cc2Cl)[C@@H](O)[C@@H]2NC(=O)[C@H](NC(=O)[C@@H]4NC(=O)[C@H]4NC(=O)[C@@H](Cc5ccc(cc5)O3)NC(=O)[C@H](N(C)N=O)c3ccc(O)c(c3)Oc3cc(O)c(Cl)c4c3)c3ccc(O)c(c3)-c3c(O[C@H]4O[C@H](CO)[C@@H](O)[C@H](O)[C@@H]4O)cc(O)cc3[C@@H](C(=O)NCCCN(C)C)NC2=O)O[C@H](C(=O)O)[C@@H](O)[C@@H]1O.